The smallest absolute Gasteiger partial charge is 0.211 e. The van der Waals surface area contributed by atoms with Crippen LogP contribution in [-0.4, -0.2) is 17.1 Å². The Morgan fingerprint density at radius 1 is 1.29 bits per heavy atom. The highest BCUT2D eigenvalue weighted by atomic mass is 79.9. The van der Waals surface area contributed by atoms with Gasteiger partial charge in [0.1, 0.15) is 5.82 Å². The number of methoxy groups -OCH3 is 1. The molecule has 0 saturated heterocycles. The van der Waals surface area contributed by atoms with E-state index in [1.54, 1.807) is 13.3 Å². The number of hydrogen-bond donors (Lipinski definition) is 1. The first-order chi connectivity index (χ1) is 6.79. The minimum atomic E-state index is 0.669. The third kappa shape index (κ3) is 1.80. The van der Waals surface area contributed by atoms with Crippen LogP contribution in [-0.2, 0) is 0 Å². The minimum absolute atomic E-state index is 0.669. The molecule has 0 amide bonds. The highest BCUT2D eigenvalue weighted by Crippen LogP contribution is 2.20. The molecule has 0 aliphatic heterocycles. The zero-order valence-electron chi connectivity index (χ0n) is 7.62. The van der Waals surface area contributed by atoms with Crippen molar-refractivity contribution < 1.29 is 4.74 Å². The van der Waals surface area contributed by atoms with Crippen molar-refractivity contribution in [2.24, 2.45) is 0 Å². The summed E-state index contributed by atoms with van der Waals surface area (Å²) in [7, 11) is 1.61. The predicted octanol–water partition coefficient (Wildman–Crippen LogP) is 2.85. The molecule has 14 heavy (non-hydrogen) atoms. The van der Waals surface area contributed by atoms with Crippen LogP contribution in [0.2, 0.25) is 0 Å². The molecule has 1 heterocycles. The van der Waals surface area contributed by atoms with Gasteiger partial charge in [0.05, 0.1) is 13.3 Å². The molecule has 0 unspecified atom stereocenters. The van der Waals surface area contributed by atoms with Gasteiger partial charge in [0.15, 0.2) is 0 Å². The molecule has 72 valence electrons. The van der Waals surface area contributed by atoms with Crippen LogP contribution in [0, 0.1) is 0 Å². The van der Waals surface area contributed by atoms with Crippen molar-refractivity contribution in [1.82, 2.24) is 9.97 Å². The zero-order valence-corrected chi connectivity index (χ0v) is 9.21. The molecule has 2 aromatic rings. The standard InChI is InChI=1S/C10H9BrN2O/c1-14-9-6-12-10(13-9)7-2-4-8(11)5-3-7/h2-6H,1H3,(H,12,13). The Morgan fingerprint density at radius 2 is 2.00 bits per heavy atom. The summed E-state index contributed by atoms with van der Waals surface area (Å²) in [5, 5.41) is 0. The SMILES string of the molecule is COc1cnc(-c2ccc(Br)cc2)[nH]1. The third-order valence-corrected chi connectivity index (χ3v) is 2.42. The molecule has 0 atom stereocenters. The number of hydrogen-bond acceptors (Lipinski definition) is 2. The lowest BCUT2D eigenvalue weighted by molar-refractivity contribution is 0.400. The number of ether oxygens (including phenoxy) is 1. The van der Waals surface area contributed by atoms with Crippen LogP contribution in [0.15, 0.2) is 34.9 Å². The predicted molar refractivity (Wildman–Crippen MR) is 58.3 cm³/mol. The van der Waals surface area contributed by atoms with Gasteiger partial charge in [-0.15, -0.1) is 0 Å². The van der Waals surface area contributed by atoms with Crippen molar-refractivity contribution in [2.75, 3.05) is 7.11 Å². The van der Waals surface area contributed by atoms with E-state index in [9.17, 15) is 0 Å². The molecule has 0 aliphatic rings. The molecule has 0 bridgehead atoms. The highest BCUT2D eigenvalue weighted by Gasteiger charge is 2.02. The molecule has 0 fully saturated rings. The fourth-order valence-corrected chi connectivity index (χ4v) is 1.43. The van der Waals surface area contributed by atoms with Gasteiger partial charge in [-0.05, 0) is 12.1 Å². The van der Waals surface area contributed by atoms with Crippen LogP contribution in [0.5, 0.6) is 5.88 Å². The van der Waals surface area contributed by atoms with Gasteiger partial charge in [0.25, 0.3) is 0 Å². The number of halogens is 1. The van der Waals surface area contributed by atoms with Crippen LogP contribution in [0.3, 0.4) is 0 Å². The van der Waals surface area contributed by atoms with Gasteiger partial charge in [0.2, 0.25) is 5.88 Å². The van der Waals surface area contributed by atoms with Crippen molar-refractivity contribution in [2.45, 2.75) is 0 Å². The summed E-state index contributed by atoms with van der Waals surface area (Å²) in [6, 6.07) is 7.93. The zero-order chi connectivity index (χ0) is 9.97. The van der Waals surface area contributed by atoms with E-state index in [0.717, 1.165) is 15.9 Å². The van der Waals surface area contributed by atoms with Crippen molar-refractivity contribution in [3.05, 3.63) is 34.9 Å². The van der Waals surface area contributed by atoms with E-state index in [1.807, 2.05) is 24.3 Å². The largest absolute Gasteiger partial charge is 0.481 e. The molecule has 0 spiro atoms. The Labute approximate surface area is 90.3 Å². The second kappa shape index (κ2) is 3.84. The van der Waals surface area contributed by atoms with Gasteiger partial charge >= 0.3 is 0 Å². The molecular formula is C10H9BrN2O. The van der Waals surface area contributed by atoms with Gasteiger partial charge in [-0.25, -0.2) is 4.98 Å². The molecule has 1 N–H and O–H groups in total. The van der Waals surface area contributed by atoms with E-state index >= 15 is 0 Å². The topological polar surface area (TPSA) is 37.9 Å². The van der Waals surface area contributed by atoms with Crippen LogP contribution in [0.1, 0.15) is 0 Å². The minimum Gasteiger partial charge on any atom is -0.481 e. The maximum Gasteiger partial charge on any atom is 0.211 e. The number of aromatic nitrogens is 2. The summed E-state index contributed by atoms with van der Waals surface area (Å²) < 4.78 is 6.07. The van der Waals surface area contributed by atoms with Crippen LogP contribution in [0.4, 0.5) is 0 Å². The van der Waals surface area contributed by atoms with E-state index in [-0.39, 0.29) is 0 Å². The molecule has 3 nitrogen and oxygen atoms in total. The average molecular weight is 253 g/mol. The van der Waals surface area contributed by atoms with E-state index in [1.165, 1.54) is 0 Å². The molecule has 0 aliphatic carbocycles. The van der Waals surface area contributed by atoms with Crippen LogP contribution >= 0.6 is 15.9 Å². The number of benzene rings is 1. The Bertz CT molecular complexity index is 422. The number of imidazole rings is 1. The maximum atomic E-state index is 5.01. The van der Waals surface area contributed by atoms with Crippen molar-refractivity contribution in [3.63, 3.8) is 0 Å². The Balaban J connectivity index is 2.34. The average Bonchev–Trinajstić information content (AvgIpc) is 2.67. The summed E-state index contributed by atoms with van der Waals surface area (Å²) in [6.45, 7) is 0. The fraction of sp³-hybridized carbons (Fsp3) is 0.100. The first-order valence-electron chi connectivity index (χ1n) is 4.14. The maximum absolute atomic E-state index is 5.01. The summed E-state index contributed by atoms with van der Waals surface area (Å²) in [4.78, 5) is 7.24. The first kappa shape index (κ1) is 9.27. The Hall–Kier alpha value is -1.29. The molecule has 0 radical (unpaired) electrons. The van der Waals surface area contributed by atoms with Gasteiger partial charge in [-0.2, -0.15) is 0 Å². The molecule has 4 heteroatoms. The number of nitrogens with one attached hydrogen (secondary N) is 1. The van der Waals surface area contributed by atoms with Crippen LogP contribution < -0.4 is 4.74 Å². The van der Waals surface area contributed by atoms with E-state index in [0.29, 0.717) is 5.88 Å². The van der Waals surface area contributed by atoms with Crippen LogP contribution in [0.25, 0.3) is 11.4 Å². The summed E-state index contributed by atoms with van der Waals surface area (Å²) >= 11 is 3.38. The molecule has 0 saturated carbocycles. The normalized spacial score (nSPS) is 10.1. The fourth-order valence-electron chi connectivity index (χ4n) is 1.16. The number of rotatable bonds is 2. The Morgan fingerprint density at radius 3 is 2.57 bits per heavy atom. The number of H-pyrrole nitrogens is 1. The monoisotopic (exact) mass is 252 g/mol. The van der Waals surface area contributed by atoms with E-state index in [2.05, 4.69) is 25.9 Å². The molecule has 1 aromatic carbocycles. The van der Waals surface area contributed by atoms with Crippen molar-refractivity contribution in [1.29, 1.82) is 0 Å². The second-order valence-corrected chi connectivity index (χ2v) is 3.72. The van der Waals surface area contributed by atoms with Gasteiger partial charge in [0, 0.05) is 10.0 Å². The van der Waals surface area contributed by atoms with Crippen molar-refractivity contribution in [3.8, 4) is 17.3 Å². The lowest BCUT2D eigenvalue weighted by atomic mass is 10.2. The lowest BCUT2D eigenvalue weighted by Crippen LogP contribution is -1.82. The lowest BCUT2D eigenvalue weighted by Gasteiger charge is -1.96. The van der Waals surface area contributed by atoms with Gasteiger partial charge < -0.3 is 9.72 Å². The molecular weight excluding hydrogens is 244 g/mol. The van der Waals surface area contributed by atoms with Crippen molar-refractivity contribution >= 4 is 15.9 Å². The Kier molecular flexibility index (Phi) is 2.54. The molecule has 2 rings (SSSR count). The summed E-state index contributed by atoms with van der Waals surface area (Å²) in [6.07, 6.45) is 1.66. The molecule has 1 aromatic heterocycles. The van der Waals surface area contributed by atoms with Gasteiger partial charge in [-0.3, -0.25) is 0 Å². The second-order valence-electron chi connectivity index (χ2n) is 2.81. The third-order valence-electron chi connectivity index (χ3n) is 1.89. The number of nitrogens with zero attached hydrogens (tertiary/aromatic N) is 1. The van der Waals surface area contributed by atoms with E-state index < -0.39 is 0 Å². The summed E-state index contributed by atoms with van der Waals surface area (Å²) in [5.41, 5.74) is 1.04. The quantitative estimate of drug-likeness (QED) is 0.893. The number of aromatic amines is 1. The van der Waals surface area contributed by atoms with E-state index in [4.69, 9.17) is 4.74 Å². The summed E-state index contributed by atoms with van der Waals surface area (Å²) in [5.74, 6) is 1.48. The first-order valence-corrected chi connectivity index (χ1v) is 4.94. The highest BCUT2D eigenvalue weighted by molar-refractivity contribution is 9.10. The van der Waals surface area contributed by atoms with Gasteiger partial charge in [-0.1, -0.05) is 28.1 Å².